The molecule has 0 spiro atoms. The molecule has 132 valence electrons. The smallest absolute Gasteiger partial charge is 0.228 e. The molecule has 1 amide bonds. The highest BCUT2D eigenvalue weighted by atomic mass is 16.5. The molecule has 2 aromatic rings. The minimum Gasteiger partial charge on any atom is -0.496 e. The summed E-state index contributed by atoms with van der Waals surface area (Å²) >= 11 is 0. The number of benzene rings is 1. The standard InChI is InChI=1S/C19H23N3O3/c1-24-17-5-3-2-4-15(17)16-12-20-18-6-8-21(9-10-22(16)18)19(23)14-7-11-25-13-14/h2-5,12,14H,6-11,13H2,1H3. The van der Waals surface area contributed by atoms with E-state index >= 15 is 0 Å². The average Bonchev–Trinajstić information content (AvgIpc) is 3.27. The number of hydrogen-bond acceptors (Lipinski definition) is 4. The van der Waals surface area contributed by atoms with Gasteiger partial charge in [0.25, 0.3) is 0 Å². The Balaban J connectivity index is 1.57. The fourth-order valence-electron chi connectivity index (χ4n) is 3.71. The van der Waals surface area contributed by atoms with Gasteiger partial charge in [0.05, 0.1) is 31.5 Å². The predicted octanol–water partition coefficient (Wildman–Crippen LogP) is 1.98. The van der Waals surface area contributed by atoms with Crippen molar-refractivity contribution in [2.24, 2.45) is 5.92 Å². The lowest BCUT2D eigenvalue weighted by molar-refractivity contribution is -0.135. The second-order valence-electron chi connectivity index (χ2n) is 6.55. The van der Waals surface area contributed by atoms with Crippen LogP contribution in [0, 0.1) is 5.92 Å². The third-order valence-corrected chi connectivity index (χ3v) is 5.11. The zero-order valence-electron chi connectivity index (χ0n) is 14.5. The first kappa shape index (κ1) is 16.1. The minimum absolute atomic E-state index is 0.0270. The van der Waals surface area contributed by atoms with Crippen molar-refractivity contribution in [2.75, 3.05) is 33.4 Å². The first-order valence-electron chi connectivity index (χ1n) is 8.82. The monoisotopic (exact) mass is 341 g/mol. The van der Waals surface area contributed by atoms with E-state index in [9.17, 15) is 4.79 Å². The summed E-state index contributed by atoms with van der Waals surface area (Å²) in [5.41, 5.74) is 2.08. The van der Waals surface area contributed by atoms with Crippen molar-refractivity contribution in [3.05, 3.63) is 36.3 Å². The summed E-state index contributed by atoms with van der Waals surface area (Å²) < 4.78 is 13.1. The Morgan fingerprint density at radius 3 is 2.96 bits per heavy atom. The molecule has 1 aromatic heterocycles. The molecule has 1 saturated heterocycles. The van der Waals surface area contributed by atoms with Gasteiger partial charge in [-0.25, -0.2) is 4.98 Å². The van der Waals surface area contributed by atoms with Crippen molar-refractivity contribution in [3.63, 3.8) is 0 Å². The Morgan fingerprint density at radius 1 is 1.28 bits per heavy atom. The SMILES string of the molecule is COc1ccccc1-c1cnc2n1CCN(C(=O)C1CCOC1)CC2. The number of carbonyl (C=O) groups excluding carboxylic acids is 1. The van der Waals surface area contributed by atoms with Crippen LogP contribution in [0.4, 0.5) is 0 Å². The number of nitrogens with zero attached hydrogens (tertiary/aromatic N) is 3. The van der Waals surface area contributed by atoms with Gasteiger partial charge in [-0.3, -0.25) is 4.79 Å². The van der Waals surface area contributed by atoms with Gasteiger partial charge >= 0.3 is 0 Å². The van der Waals surface area contributed by atoms with Gasteiger partial charge in [0.1, 0.15) is 11.6 Å². The topological polar surface area (TPSA) is 56.6 Å². The van der Waals surface area contributed by atoms with Crippen molar-refractivity contribution in [1.82, 2.24) is 14.5 Å². The summed E-state index contributed by atoms with van der Waals surface area (Å²) in [6, 6.07) is 7.98. The maximum Gasteiger partial charge on any atom is 0.228 e. The van der Waals surface area contributed by atoms with Crippen molar-refractivity contribution in [2.45, 2.75) is 19.4 Å². The molecule has 0 saturated carbocycles. The fourth-order valence-corrected chi connectivity index (χ4v) is 3.71. The summed E-state index contributed by atoms with van der Waals surface area (Å²) in [6.07, 6.45) is 3.52. The molecule has 0 radical (unpaired) electrons. The molecule has 3 heterocycles. The van der Waals surface area contributed by atoms with Crippen LogP contribution in [0.25, 0.3) is 11.3 Å². The minimum atomic E-state index is 0.0270. The number of hydrogen-bond donors (Lipinski definition) is 0. The van der Waals surface area contributed by atoms with Gasteiger partial charge in [0.15, 0.2) is 0 Å². The number of rotatable bonds is 3. The van der Waals surface area contributed by atoms with Crippen LogP contribution in [-0.2, 0) is 22.5 Å². The molecule has 6 heteroatoms. The summed E-state index contributed by atoms with van der Waals surface area (Å²) in [7, 11) is 1.68. The van der Waals surface area contributed by atoms with Crippen LogP contribution in [0.1, 0.15) is 12.2 Å². The van der Waals surface area contributed by atoms with E-state index in [4.69, 9.17) is 9.47 Å². The molecule has 0 bridgehead atoms. The van der Waals surface area contributed by atoms with Crippen molar-refractivity contribution < 1.29 is 14.3 Å². The molecule has 4 rings (SSSR count). The van der Waals surface area contributed by atoms with Gasteiger partial charge in [-0.1, -0.05) is 12.1 Å². The number of ether oxygens (including phenoxy) is 2. The molecule has 1 fully saturated rings. The number of imidazole rings is 1. The third-order valence-electron chi connectivity index (χ3n) is 5.11. The van der Waals surface area contributed by atoms with Gasteiger partial charge in [0, 0.05) is 38.2 Å². The molecule has 0 aliphatic carbocycles. The Morgan fingerprint density at radius 2 is 2.16 bits per heavy atom. The molecule has 2 aliphatic rings. The van der Waals surface area contributed by atoms with Crippen LogP contribution in [0.5, 0.6) is 5.75 Å². The number of carbonyl (C=O) groups is 1. The molecule has 0 N–H and O–H groups in total. The van der Waals surface area contributed by atoms with E-state index in [-0.39, 0.29) is 11.8 Å². The zero-order valence-corrected chi connectivity index (χ0v) is 14.5. The fraction of sp³-hybridized carbons (Fsp3) is 0.474. The molecule has 2 aliphatic heterocycles. The van der Waals surface area contributed by atoms with E-state index in [1.54, 1.807) is 7.11 Å². The predicted molar refractivity (Wildman–Crippen MR) is 93.4 cm³/mol. The van der Waals surface area contributed by atoms with E-state index in [0.717, 1.165) is 48.8 Å². The quantitative estimate of drug-likeness (QED) is 0.857. The molecule has 1 aromatic carbocycles. The van der Waals surface area contributed by atoms with E-state index in [1.165, 1.54) is 0 Å². The maximum atomic E-state index is 12.7. The van der Waals surface area contributed by atoms with E-state index in [0.29, 0.717) is 19.8 Å². The van der Waals surface area contributed by atoms with Gasteiger partial charge in [-0.15, -0.1) is 0 Å². The zero-order chi connectivity index (χ0) is 17.2. The second kappa shape index (κ2) is 6.88. The molecular formula is C19H23N3O3. The second-order valence-corrected chi connectivity index (χ2v) is 6.55. The first-order valence-corrected chi connectivity index (χ1v) is 8.82. The molecule has 1 atom stereocenters. The lowest BCUT2D eigenvalue weighted by Gasteiger charge is -2.23. The number of para-hydroxylation sites is 1. The van der Waals surface area contributed by atoms with Crippen LogP contribution in [-0.4, -0.2) is 53.8 Å². The van der Waals surface area contributed by atoms with Crippen molar-refractivity contribution in [3.8, 4) is 17.0 Å². The van der Waals surface area contributed by atoms with Crippen LogP contribution in [0.3, 0.4) is 0 Å². The van der Waals surface area contributed by atoms with E-state index in [1.807, 2.05) is 35.4 Å². The Kier molecular flexibility index (Phi) is 4.44. The number of fused-ring (bicyclic) bond motifs is 1. The molecule has 25 heavy (non-hydrogen) atoms. The lowest BCUT2D eigenvalue weighted by atomic mass is 10.1. The van der Waals surface area contributed by atoms with E-state index in [2.05, 4.69) is 9.55 Å². The summed E-state index contributed by atoms with van der Waals surface area (Å²) in [4.78, 5) is 19.3. The summed E-state index contributed by atoms with van der Waals surface area (Å²) in [5, 5.41) is 0. The first-order chi connectivity index (χ1) is 12.3. The van der Waals surface area contributed by atoms with E-state index < -0.39 is 0 Å². The number of aromatic nitrogens is 2. The normalized spacial score (nSPS) is 20.2. The van der Waals surface area contributed by atoms with Gasteiger partial charge in [-0.2, -0.15) is 0 Å². The maximum absolute atomic E-state index is 12.7. The van der Waals surface area contributed by atoms with Gasteiger partial charge in [-0.05, 0) is 18.6 Å². The van der Waals surface area contributed by atoms with Crippen LogP contribution in [0.2, 0.25) is 0 Å². The van der Waals surface area contributed by atoms with Crippen LogP contribution < -0.4 is 4.74 Å². The molecule has 6 nitrogen and oxygen atoms in total. The number of amides is 1. The largest absolute Gasteiger partial charge is 0.496 e. The highest BCUT2D eigenvalue weighted by Crippen LogP contribution is 2.31. The Hall–Kier alpha value is -2.34. The van der Waals surface area contributed by atoms with Crippen LogP contribution >= 0.6 is 0 Å². The number of methoxy groups -OCH3 is 1. The lowest BCUT2D eigenvalue weighted by Crippen LogP contribution is -2.38. The summed E-state index contributed by atoms with van der Waals surface area (Å²) in [6.45, 7) is 3.44. The van der Waals surface area contributed by atoms with Crippen LogP contribution in [0.15, 0.2) is 30.5 Å². The van der Waals surface area contributed by atoms with Crippen molar-refractivity contribution >= 4 is 5.91 Å². The summed E-state index contributed by atoms with van der Waals surface area (Å²) in [5.74, 6) is 2.12. The average molecular weight is 341 g/mol. The highest BCUT2D eigenvalue weighted by Gasteiger charge is 2.29. The third kappa shape index (κ3) is 3.02. The van der Waals surface area contributed by atoms with Crippen molar-refractivity contribution in [1.29, 1.82) is 0 Å². The van der Waals surface area contributed by atoms with Gasteiger partial charge in [0.2, 0.25) is 5.91 Å². The molecule has 1 unspecified atom stereocenters. The van der Waals surface area contributed by atoms with Gasteiger partial charge < -0.3 is 18.9 Å². The Bertz CT molecular complexity index is 765. The highest BCUT2D eigenvalue weighted by molar-refractivity contribution is 5.79. The molecular weight excluding hydrogens is 318 g/mol. The Labute approximate surface area is 147 Å².